The zero-order chi connectivity index (χ0) is 32.5. The summed E-state index contributed by atoms with van der Waals surface area (Å²) in [4.78, 5) is 56.2. The number of nitrogens with zero attached hydrogens (tertiary/aromatic N) is 1. The molecule has 0 bridgehead atoms. The molecule has 2 aromatic heterocycles. The number of fused-ring (bicyclic) bond motifs is 2. The van der Waals surface area contributed by atoms with Crippen LogP contribution in [0.5, 0.6) is 0 Å². The molecule has 1 fully saturated rings. The van der Waals surface area contributed by atoms with Crippen LogP contribution in [0, 0.1) is 0 Å². The lowest BCUT2D eigenvalue weighted by Gasteiger charge is -2.49. The molecule has 4 heterocycles. The van der Waals surface area contributed by atoms with Crippen molar-refractivity contribution in [2.45, 2.75) is 28.1 Å². The van der Waals surface area contributed by atoms with Crippen LogP contribution >= 0.6 is 62.1 Å². The number of hydrogen-bond acceptors (Lipinski definition) is 9. The maximum Gasteiger partial charge on any atom is 0.356 e. The van der Waals surface area contributed by atoms with E-state index in [2.05, 4.69) is 21.2 Å². The lowest BCUT2D eigenvalue weighted by atomic mass is 10.0. The first-order valence-corrected chi connectivity index (χ1v) is 18.9. The van der Waals surface area contributed by atoms with Gasteiger partial charge in [-0.2, -0.15) is 0 Å². The average molecular weight is 762 g/mol. The van der Waals surface area contributed by atoms with Gasteiger partial charge < -0.3 is 10.1 Å². The molecule has 1 N–H and O–H groups in total. The van der Waals surface area contributed by atoms with Crippen molar-refractivity contribution in [2.24, 2.45) is 0 Å². The van der Waals surface area contributed by atoms with E-state index in [-0.39, 0.29) is 29.4 Å². The smallest absolute Gasteiger partial charge is 0.356 e. The number of thiophene rings is 1. The van der Waals surface area contributed by atoms with E-state index < -0.39 is 23.5 Å². The molecule has 2 aliphatic rings. The summed E-state index contributed by atoms with van der Waals surface area (Å²) in [5, 5.41) is 4.28. The SMILES string of the molecule is O=C(Cc1ccccc1)NC1C(=O)N2C(C(=O)OC(c3ccccc3)c3ccccc3)=C(Sc3sc4ccsc4c(=O)c3Br)CS[C@H]12. The summed E-state index contributed by atoms with van der Waals surface area (Å²) in [5.74, 6) is -0.928. The Morgan fingerprint density at radius 3 is 2.23 bits per heavy atom. The van der Waals surface area contributed by atoms with Gasteiger partial charge in [-0.3, -0.25) is 19.3 Å². The number of rotatable bonds is 9. The summed E-state index contributed by atoms with van der Waals surface area (Å²) < 4.78 is 8.89. The fourth-order valence-corrected chi connectivity index (χ4v) is 11.1. The second kappa shape index (κ2) is 13.8. The summed E-state index contributed by atoms with van der Waals surface area (Å²) in [6, 6.07) is 29.4. The Morgan fingerprint density at radius 1 is 0.936 bits per heavy atom. The molecule has 7 rings (SSSR count). The minimum atomic E-state index is -0.783. The highest BCUT2D eigenvalue weighted by Crippen LogP contribution is 2.48. The van der Waals surface area contributed by atoms with Gasteiger partial charge in [-0.05, 0) is 44.1 Å². The summed E-state index contributed by atoms with van der Waals surface area (Å²) in [5.41, 5.74) is 2.43. The molecule has 236 valence electrons. The highest BCUT2D eigenvalue weighted by atomic mass is 79.9. The molecule has 0 aliphatic carbocycles. The number of carbonyl (C=O) groups is 3. The number of hydrogen-bond donors (Lipinski definition) is 1. The molecule has 5 aromatic rings. The van der Waals surface area contributed by atoms with E-state index >= 15 is 0 Å². The zero-order valence-electron chi connectivity index (χ0n) is 24.5. The summed E-state index contributed by atoms with van der Waals surface area (Å²) in [7, 11) is 0. The van der Waals surface area contributed by atoms with E-state index in [9.17, 15) is 19.2 Å². The second-order valence-electron chi connectivity index (χ2n) is 10.7. The highest BCUT2D eigenvalue weighted by molar-refractivity contribution is 9.10. The van der Waals surface area contributed by atoms with Crippen LogP contribution in [0.4, 0.5) is 0 Å². The molecule has 0 radical (unpaired) electrons. The van der Waals surface area contributed by atoms with Crippen LogP contribution in [-0.2, 0) is 25.5 Å². The molecule has 1 unspecified atom stereocenters. The quantitative estimate of drug-likeness (QED) is 0.124. The first-order valence-electron chi connectivity index (χ1n) is 14.6. The standard InChI is InChI=1S/C35H25BrN2O5S4/c36-26-29(40)31-23(16-17-44-31)46-35(26)47-24-19-45-33-27(37-25(39)18-20-10-4-1-5-11-20)32(41)38(33)28(24)34(42)43-30(21-12-6-2-7-13-21)22-14-8-3-9-15-22/h1-17,27,30,33H,18-19H2,(H,37,39)/t27?,33-/m1/s1. The van der Waals surface area contributed by atoms with Crippen LogP contribution < -0.4 is 10.7 Å². The van der Waals surface area contributed by atoms with E-state index in [0.717, 1.165) is 21.4 Å². The van der Waals surface area contributed by atoms with Crippen LogP contribution in [0.1, 0.15) is 22.8 Å². The number of nitrogens with one attached hydrogen (secondary N) is 1. The van der Waals surface area contributed by atoms with Gasteiger partial charge in [0.15, 0.2) is 6.10 Å². The van der Waals surface area contributed by atoms with Crippen molar-refractivity contribution in [3.63, 3.8) is 0 Å². The van der Waals surface area contributed by atoms with Crippen molar-refractivity contribution in [1.82, 2.24) is 10.2 Å². The first-order chi connectivity index (χ1) is 22.9. The molecule has 12 heteroatoms. The third-order valence-corrected chi connectivity index (χ3v) is 13.9. The molecule has 7 nitrogen and oxygen atoms in total. The molecular formula is C35H25BrN2O5S4. The molecule has 0 spiro atoms. The minimum absolute atomic E-state index is 0.114. The van der Waals surface area contributed by atoms with Crippen molar-refractivity contribution in [1.29, 1.82) is 0 Å². The van der Waals surface area contributed by atoms with Crippen molar-refractivity contribution in [3.05, 3.63) is 144 Å². The van der Waals surface area contributed by atoms with Gasteiger partial charge in [0.1, 0.15) is 17.1 Å². The predicted octanol–water partition coefficient (Wildman–Crippen LogP) is 7.36. The molecule has 2 aliphatic heterocycles. The largest absolute Gasteiger partial charge is 0.448 e. The van der Waals surface area contributed by atoms with Gasteiger partial charge in [-0.25, -0.2) is 4.79 Å². The normalized spacial score (nSPS) is 17.4. The minimum Gasteiger partial charge on any atom is -0.448 e. The van der Waals surface area contributed by atoms with E-state index in [1.165, 1.54) is 51.1 Å². The van der Waals surface area contributed by atoms with Crippen LogP contribution in [0.25, 0.3) is 9.40 Å². The summed E-state index contributed by atoms with van der Waals surface area (Å²) >= 11 is 9.09. The number of halogens is 1. The van der Waals surface area contributed by atoms with Gasteiger partial charge in [0.25, 0.3) is 5.91 Å². The fourth-order valence-electron chi connectivity index (χ4n) is 5.47. The highest BCUT2D eigenvalue weighted by Gasteiger charge is 2.55. The van der Waals surface area contributed by atoms with Crippen LogP contribution in [0.3, 0.4) is 0 Å². The molecule has 47 heavy (non-hydrogen) atoms. The zero-order valence-corrected chi connectivity index (χ0v) is 29.3. The molecule has 3 aromatic carbocycles. The van der Waals surface area contributed by atoms with Crippen molar-refractivity contribution in [3.8, 4) is 0 Å². The molecule has 2 atom stereocenters. The van der Waals surface area contributed by atoms with Gasteiger partial charge in [0.05, 0.1) is 24.5 Å². The van der Waals surface area contributed by atoms with E-state index in [1.807, 2.05) is 102 Å². The van der Waals surface area contributed by atoms with E-state index in [1.54, 1.807) is 0 Å². The second-order valence-corrected chi connectivity index (χ2v) is 16.0. The number of β-lactam (4-membered cyclic amide) rings is 1. The van der Waals surface area contributed by atoms with Gasteiger partial charge in [-0.1, -0.05) is 103 Å². The van der Waals surface area contributed by atoms with Gasteiger partial charge in [0.2, 0.25) is 11.3 Å². The average Bonchev–Trinajstić information content (AvgIpc) is 3.58. The monoisotopic (exact) mass is 760 g/mol. The Hall–Kier alpha value is -3.68. The molecule has 1 saturated heterocycles. The third kappa shape index (κ3) is 6.44. The lowest BCUT2D eigenvalue weighted by Crippen LogP contribution is -2.70. The molecular weight excluding hydrogens is 737 g/mol. The maximum atomic E-state index is 14.3. The number of benzene rings is 3. The first kappa shape index (κ1) is 31.9. The Labute approximate surface area is 295 Å². The molecule has 2 amide bonds. The summed E-state index contributed by atoms with van der Waals surface area (Å²) in [6.45, 7) is 0. The third-order valence-electron chi connectivity index (χ3n) is 7.71. The van der Waals surface area contributed by atoms with Crippen molar-refractivity contribution in [2.75, 3.05) is 5.75 Å². The summed E-state index contributed by atoms with van der Waals surface area (Å²) in [6.07, 6.45) is -0.582. The number of carbonyl (C=O) groups excluding carboxylic acids is 3. The van der Waals surface area contributed by atoms with Crippen molar-refractivity contribution < 1.29 is 19.1 Å². The van der Waals surface area contributed by atoms with Crippen LogP contribution in [-0.4, -0.2) is 39.9 Å². The topological polar surface area (TPSA) is 92.8 Å². The number of ether oxygens (including phenoxy) is 1. The number of thioether (sulfide) groups is 2. The van der Waals surface area contributed by atoms with Crippen molar-refractivity contribution >= 4 is 89.3 Å². The van der Waals surface area contributed by atoms with Gasteiger partial charge >= 0.3 is 5.97 Å². The fraction of sp³-hybridized carbons (Fsp3) is 0.143. The predicted molar refractivity (Wildman–Crippen MR) is 193 cm³/mol. The van der Waals surface area contributed by atoms with E-state index in [0.29, 0.717) is 24.0 Å². The Morgan fingerprint density at radius 2 is 1.57 bits per heavy atom. The van der Waals surface area contributed by atoms with Gasteiger partial charge in [0, 0.05) is 10.7 Å². The van der Waals surface area contributed by atoms with E-state index in [4.69, 9.17) is 4.74 Å². The Kier molecular flexibility index (Phi) is 9.38. The number of amides is 2. The van der Waals surface area contributed by atoms with Gasteiger partial charge in [-0.15, -0.1) is 34.4 Å². The Bertz CT molecular complexity index is 2030. The Balaban J connectivity index is 1.23. The van der Waals surface area contributed by atoms with Crippen LogP contribution in [0.15, 0.2) is 127 Å². The molecule has 0 saturated carbocycles. The maximum absolute atomic E-state index is 14.3. The van der Waals surface area contributed by atoms with Crippen LogP contribution in [0.2, 0.25) is 0 Å². The lowest BCUT2D eigenvalue weighted by molar-refractivity contribution is -0.154. The number of esters is 1.